The first-order valence-electron chi connectivity index (χ1n) is 8.52. The number of carboxylic acids is 1. The molecule has 0 spiro atoms. The predicted molar refractivity (Wildman–Crippen MR) is 95.2 cm³/mol. The topological polar surface area (TPSA) is 131 Å². The molecule has 1 fully saturated rings. The van der Waals surface area contributed by atoms with Gasteiger partial charge in [-0.05, 0) is 25.3 Å². The minimum Gasteiger partial charge on any atom is -0.493 e. The molecule has 1 saturated heterocycles. The lowest BCUT2D eigenvalue weighted by Gasteiger charge is -2.30. The molecule has 27 heavy (non-hydrogen) atoms. The van der Waals surface area contributed by atoms with Crippen molar-refractivity contribution in [1.29, 1.82) is 0 Å². The van der Waals surface area contributed by atoms with Crippen LogP contribution in [0.25, 0.3) is 0 Å². The Morgan fingerprint density at radius 1 is 1.26 bits per heavy atom. The number of rotatable bonds is 7. The van der Waals surface area contributed by atoms with Gasteiger partial charge in [-0.25, -0.2) is 4.79 Å². The molecule has 1 aromatic rings. The fraction of sp³-hybridized carbons (Fsp3) is 0.529. The van der Waals surface area contributed by atoms with Crippen LogP contribution in [0, 0.1) is 16.0 Å². The number of benzene rings is 1. The van der Waals surface area contributed by atoms with Crippen molar-refractivity contribution in [2.24, 2.45) is 5.92 Å². The summed E-state index contributed by atoms with van der Waals surface area (Å²) in [5.41, 5.74) is 0.312. The van der Waals surface area contributed by atoms with Gasteiger partial charge < -0.3 is 24.8 Å². The number of hydrogen-bond acceptors (Lipinski definition) is 6. The van der Waals surface area contributed by atoms with Crippen LogP contribution < -0.4 is 14.8 Å². The van der Waals surface area contributed by atoms with Crippen LogP contribution in [0.2, 0.25) is 0 Å². The molecule has 1 heterocycles. The molecule has 10 heteroatoms. The molecule has 0 aliphatic carbocycles. The van der Waals surface area contributed by atoms with Gasteiger partial charge in [0.1, 0.15) is 0 Å². The lowest BCUT2D eigenvalue weighted by molar-refractivity contribution is -0.385. The number of hydrogen-bond donors (Lipinski definition) is 2. The van der Waals surface area contributed by atoms with Crippen LogP contribution in [0.15, 0.2) is 12.1 Å². The number of nitrogens with zero attached hydrogens (tertiary/aromatic N) is 2. The van der Waals surface area contributed by atoms with Gasteiger partial charge in [-0.1, -0.05) is 0 Å². The maximum absolute atomic E-state index is 12.2. The highest BCUT2D eigenvalue weighted by atomic mass is 16.6. The largest absolute Gasteiger partial charge is 0.493 e. The van der Waals surface area contributed by atoms with Crippen molar-refractivity contribution in [1.82, 2.24) is 10.2 Å². The van der Waals surface area contributed by atoms with Gasteiger partial charge in [0.15, 0.2) is 11.5 Å². The smallest absolute Gasteiger partial charge is 0.317 e. The van der Waals surface area contributed by atoms with E-state index in [0.29, 0.717) is 37.2 Å². The number of nitro benzene ring substituents is 1. The summed E-state index contributed by atoms with van der Waals surface area (Å²) in [4.78, 5) is 35.5. The van der Waals surface area contributed by atoms with Crippen LogP contribution in [0.5, 0.6) is 11.5 Å². The van der Waals surface area contributed by atoms with Crippen molar-refractivity contribution >= 4 is 17.7 Å². The second-order valence-corrected chi connectivity index (χ2v) is 6.17. The van der Waals surface area contributed by atoms with Gasteiger partial charge in [0.25, 0.3) is 5.69 Å². The Labute approximate surface area is 156 Å². The summed E-state index contributed by atoms with van der Waals surface area (Å²) < 4.78 is 10.3. The van der Waals surface area contributed by atoms with Crippen molar-refractivity contribution in [3.63, 3.8) is 0 Å². The summed E-state index contributed by atoms with van der Waals surface area (Å²) >= 11 is 0. The SMILES string of the molecule is COc1cc(CCNC(=O)N2CCC(C(=O)O)CC2)c([N+](=O)[O-])cc1OC. The number of nitrogens with one attached hydrogen (secondary N) is 1. The standard InChI is InChI=1S/C17H23N3O7/c1-26-14-9-12(13(20(24)25)10-15(14)27-2)3-6-18-17(23)19-7-4-11(5-8-19)16(21)22/h9-11H,3-8H2,1-2H3,(H,18,23)(H,21,22). The molecule has 2 N–H and O–H groups in total. The summed E-state index contributed by atoms with van der Waals surface area (Å²) in [7, 11) is 2.84. The Morgan fingerprint density at radius 2 is 1.85 bits per heavy atom. The van der Waals surface area contributed by atoms with Gasteiger partial charge in [0.2, 0.25) is 0 Å². The van der Waals surface area contributed by atoms with Gasteiger partial charge >= 0.3 is 12.0 Å². The van der Waals surface area contributed by atoms with E-state index in [0.717, 1.165) is 0 Å². The number of carbonyl (C=O) groups excluding carboxylic acids is 1. The number of likely N-dealkylation sites (tertiary alicyclic amines) is 1. The Morgan fingerprint density at radius 3 is 2.37 bits per heavy atom. The van der Waals surface area contributed by atoms with Gasteiger partial charge in [-0.3, -0.25) is 14.9 Å². The maximum Gasteiger partial charge on any atom is 0.317 e. The summed E-state index contributed by atoms with van der Waals surface area (Å²) in [6.45, 7) is 0.951. The van der Waals surface area contributed by atoms with Crippen molar-refractivity contribution in [2.45, 2.75) is 19.3 Å². The molecular formula is C17H23N3O7. The molecule has 0 atom stereocenters. The van der Waals surface area contributed by atoms with Crippen LogP contribution in [-0.4, -0.2) is 60.8 Å². The van der Waals surface area contributed by atoms with Crippen molar-refractivity contribution in [2.75, 3.05) is 33.9 Å². The molecule has 1 aliphatic rings. The van der Waals surface area contributed by atoms with Crippen molar-refractivity contribution in [3.8, 4) is 11.5 Å². The molecule has 2 amide bonds. The average Bonchev–Trinajstić information content (AvgIpc) is 2.67. The van der Waals surface area contributed by atoms with E-state index < -0.39 is 16.8 Å². The number of aliphatic carboxylic acids is 1. The highest BCUT2D eigenvalue weighted by molar-refractivity contribution is 5.75. The molecule has 10 nitrogen and oxygen atoms in total. The number of piperidine rings is 1. The van der Waals surface area contributed by atoms with Crippen molar-refractivity contribution in [3.05, 3.63) is 27.8 Å². The van der Waals surface area contributed by atoms with E-state index in [1.165, 1.54) is 26.4 Å². The summed E-state index contributed by atoms with van der Waals surface area (Å²) in [5, 5.41) is 23.0. The van der Waals surface area contributed by atoms with Gasteiger partial charge in [0.05, 0.1) is 31.1 Å². The minimum atomic E-state index is -0.837. The number of ether oxygens (including phenoxy) is 2. The summed E-state index contributed by atoms with van der Waals surface area (Å²) in [6.07, 6.45) is 1.09. The predicted octanol–water partition coefficient (Wildman–Crippen LogP) is 1.66. The fourth-order valence-electron chi connectivity index (χ4n) is 3.03. The highest BCUT2D eigenvalue weighted by Crippen LogP contribution is 2.34. The second kappa shape index (κ2) is 9.06. The number of methoxy groups -OCH3 is 2. The zero-order chi connectivity index (χ0) is 20.0. The van der Waals surface area contributed by atoms with Gasteiger partial charge in [-0.2, -0.15) is 0 Å². The lowest BCUT2D eigenvalue weighted by atomic mass is 9.97. The van der Waals surface area contributed by atoms with E-state index in [-0.39, 0.29) is 30.4 Å². The van der Waals surface area contributed by atoms with Crippen LogP contribution in [0.4, 0.5) is 10.5 Å². The third-order valence-electron chi connectivity index (χ3n) is 4.58. The van der Waals surface area contributed by atoms with Crippen LogP contribution >= 0.6 is 0 Å². The number of carboxylic acid groups (broad SMARTS) is 1. The van der Waals surface area contributed by atoms with E-state index in [1.807, 2.05) is 0 Å². The normalized spacial score (nSPS) is 14.5. The van der Waals surface area contributed by atoms with E-state index in [1.54, 1.807) is 4.90 Å². The van der Waals surface area contributed by atoms with Gasteiger partial charge in [0, 0.05) is 25.2 Å². The minimum absolute atomic E-state index is 0.107. The summed E-state index contributed by atoms with van der Waals surface area (Å²) in [5.74, 6) is -0.613. The molecule has 0 saturated carbocycles. The highest BCUT2D eigenvalue weighted by Gasteiger charge is 2.27. The van der Waals surface area contributed by atoms with E-state index in [4.69, 9.17) is 14.6 Å². The molecule has 0 unspecified atom stereocenters. The van der Waals surface area contributed by atoms with Crippen LogP contribution in [-0.2, 0) is 11.2 Å². The third kappa shape index (κ3) is 4.99. The number of urea groups is 1. The van der Waals surface area contributed by atoms with E-state index >= 15 is 0 Å². The molecule has 1 aliphatic heterocycles. The third-order valence-corrected chi connectivity index (χ3v) is 4.58. The quantitative estimate of drug-likeness (QED) is 0.542. The van der Waals surface area contributed by atoms with E-state index in [2.05, 4.69) is 5.32 Å². The first kappa shape index (κ1) is 20.3. The summed E-state index contributed by atoms with van der Waals surface area (Å²) in [6, 6.07) is 2.52. The zero-order valence-electron chi connectivity index (χ0n) is 15.3. The molecule has 0 aromatic heterocycles. The van der Waals surface area contributed by atoms with E-state index in [9.17, 15) is 19.7 Å². The van der Waals surface area contributed by atoms with Gasteiger partial charge in [-0.15, -0.1) is 0 Å². The first-order valence-corrected chi connectivity index (χ1v) is 8.52. The Bertz CT molecular complexity index is 715. The second-order valence-electron chi connectivity index (χ2n) is 6.17. The number of carbonyl (C=O) groups is 2. The lowest BCUT2D eigenvalue weighted by Crippen LogP contribution is -2.45. The molecule has 1 aromatic carbocycles. The first-order chi connectivity index (χ1) is 12.9. The van der Waals surface area contributed by atoms with Crippen molar-refractivity contribution < 1.29 is 29.1 Å². The number of nitro groups is 1. The zero-order valence-corrected chi connectivity index (χ0v) is 15.3. The maximum atomic E-state index is 12.2. The molecule has 0 radical (unpaired) electrons. The fourth-order valence-corrected chi connectivity index (χ4v) is 3.03. The Hall–Kier alpha value is -3.04. The van der Waals surface area contributed by atoms with Crippen LogP contribution in [0.1, 0.15) is 18.4 Å². The molecule has 148 valence electrons. The Balaban J connectivity index is 1.95. The Kier molecular flexibility index (Phi) is 6.80. The average molecular weight is 381 g/mol. The van der Waals surface area contributed by atoms with Crippen LogP contribution in [0.3, 0.4) is 0 Å². The number of amides is 2. The monoisotopic (exact) mass is 381 g/mol. The molecule has 2 rings (SSSR count). The molecule has 0 bridgehead atoms. The molecular weight excluding hydrogens is 358 g/mol.